The second kappa shape index (κ2) is 5.71. The van der Waals surface area contributed by atoms with Crippen LogP contribution in [0.1, 0.15) is 34.7 Å². The maximum atomic E-state index is 12.4. The number of hydrogen-bond donors (Lipinski definition) is 1. The van der Waals surface area contributed by atoms with Crippen LogP contribution in [0, 0.1) is 19.8 Å². The molecule has 1 aliphatic rings. The van der Waals surface area contributed by atoms with Gasteiger partial charge in [0.1, 0.15) is 5.76 Å². The van der Waals surface area contributed by atoms with E-state index in [1.807, 2.05) is 32.0 Å². The van der Waals surface area contributed by atoms with E-state index < -0.39 is 5.91 Å². The fourth-order valence-corrected chi connectivity index (χ4v) is 4.16. The lowest BCUT2D eigenvalue weighted by atomic mass is 9.98. The van der Waals surface area contributed by atoms with Crippen LogP contribution in [0.15, 0.2) is 40.9 Å². The molecule has 1 fully saturated rings. The molecule has 2 aromatic carbocycles. The molecular weight excluding hydrogens is 338 g/mol. The quantitative estimate of drug-likeness (QED) is 0.580. The number of para-hydroxylation sites is 1. The van der Waals surface area contributed by atoms with Crippen LogP contribution in [-0.2, 0) is 6.54 Å². The van der Waals surface area contributed by atoms with Gasteiger partial charge in [0.25, 0.3) is 5.91 Å². The van der Waals surface area contributed by atoms with Gasteiger partial charge in [-0.2, -0.15) is 0 Å². The third kappa shape index (κ3) is 2.46. The van der Waals surface area contributed by atoms with Gasteiger partial charge >= 0.3 is 0 Å². The van der Waals surface area contributed by atoms with Crippen LogP contribution in [0.4, 0.5) is 0 Å². The number of primary amides is 1. The number of aryl methyl sites for hydroxylation is 2. The van der Waals surface area contributed by atoms with Crippen molar-refractivity contribution in [1.29, 1.82) is 0 Å². The van der Waals surface area contributed by atoms with E-state index in [9.17, 15) is 4.79 Å². The van der Waals surface area contributed by atoms with Gasteiger partial charge in [0.05, 0.1) is 16.8 Å². The second-order valence-electron chi connectivity index (χ2n) is 7.55. The lowest BCUT2D eigenvalue weighted by molar-refractivity contribution is 0.100. The maximum Gasteiger partial charge on any atom is 0.250 e. The lowest BCUT2D eigenvalue weighted by Crippen LogP contribution is -2.14. The average Bonchev–Trinajstić information content (AvgIpc) is 3.34. The maximum absolute atomic E-state index is 12.4. The van der Waals surface area contributed by atoms with Crippen LogP contribution in [0.2, 0.25) is 0 Å². The van der Waals surface area contributed by atoms with Gasteiger partial charge in [0.15, 0.2) is 0 Å². The third-order valence-electron chi connectivity index (χ3n) is 5.59. The summed E-state index contributed by atoms with van der Waals surface area (Å²) in [5.74, 6) is 1.02. The third-order valence-corrected chi connectivity index (χ3v) is 5.59. The van der Waals surface area contributed by atoms with Crippen molar-refractivity contribution in [1.82, 2.24) is 9.72 Å². The van der Waals surface area contributed by atoms with Crippen molar-refractivity contribution < 1.29 is 9.32 Å². The Labute approximate surface area is 156 Å². The lowest BCUT2D eigenvalue weighted by Gasteiger charge is -2.11. The molecule has 4 aromatic rings. The smallest absolute Gasteiger partial charge is 0.250 e. The highest BCUT2D eigenvalue weighted by atomic mass is 16.5. The minimum absolute atomic E-state index is 0.409. The molecule has 0 spiro atoms. The monoisotopic (exact) mass is 359 g/mol. The molecular formula is C22H21N3O2. The van der Waals surface area contributed by atoms with E-state index >= 15 is 0 Å². The molecule has 0 radical (unpaired) electrons. The van der Waals surface area contributed by atoms with E-state index in [2.05, 4.69) is 27.9 Å². The number of nitrogens with zero attached hydrogens (tertiary/aromatic N) is 2. The number of rotatable bonds is 4. The first kappa shape index (κ1) is 16.1. The number of nitrogens with two attached hydrogens (primary N) is 1. The van der Waals surface area contributed by atoms with Gasteiger partial charge < -0.3 is 14.8 Å². The van der Waals surface area contributed by atoms with Crippen LogP contribution >= 0.6 is 0 Å². The van der Waals surface area contributed by atoms with E-state index in [-0.39, 0.29) is 0 Å². The van der Waals surface area contributed by atoms with Gasteiger partial charge in [0.2, 0.25) is 0 Å². The van der Waals surface area contributed by atoms with Crippen molar-refractivity contribution in [3.8, 4) is 11.1 Å². The Bertz CT molecular complexity index is 1190. The molecule has 136 valence electrons. The van der Waals surface area contributed by atoms with Crippen LogP contribution in [0.25, 0.3) is 32.9 Å². The Kier molecular flexibility index (Phi) is 3.41. The molecule has 2 N–H and O–H groups in total. The topological polar surface area (TPSA) is 74.1 Å². The fourth-order valence-electron chi connectivity index (χ4n) is 4.16. The first-order chi connectivity index (χ1) is 13.0. The number of carbonyl (C=O) groups excluding carboxylic acids is 1. The molecule has 1 amide bonds. The fraction of sp³-hybridized carbons (Fsp3) is 0.273. The Balaban J connectivity index is 1.90. The largest absolute Gasteiger partial charge is 0.366 e. The molecule has 2 heterocycles. The highest BCUT2D eigenvalue weighted by molar-refractivity contribution is 6.16. The Morgan fingerprint density at radius 2 is 2.00 bits per heavy atom. The van der Waals surface area contributed by atoms with Crippen molar-refractivity contribution in [2.75, 3.05) is 0 Å². The first-order valence-electron chi connectivity index (χ1n) is 9.32. The van der Waals surface area contributed by atoms with Gasteiger partial charge in [-0.3, -0.25) is 4.79 Å². The van der Waals surface area contributed by atoms with E-state index in [1.165, 1.54) is 12.8 Å². The predicted molar refractivity (Wildman–Crippen MR) is 106 cm³/mol. The zero-order chi connectivity index (χ0) is 18.7. The van der Waals surface area contributed by atoms with E-state index in [0.717, 1.165) is 50.9 Å². The SMILES string of the molecule is Cc1noc(C)c1-c1cc(C(N)=O)c2c(c1)c1ccccc1n2CC1CC1. The summed E-state index contributed by atoms with van der Waals surface area (Å²) < 4.78 is 7.62. The molecule has 0 bridgehead atoms. The van der Waals surface area contributed by atoms with Crippen molar-refractivity contribution >= 4 is 27.7 Å². The summed E-state index contributed by atoms with van der Waals surface area (Å²) in [7, 11) is 0. The number of aromatic nitrogens is 2. The number of amides is 1. The first-order valence-corrected chi connectivity index (χ1v) is 9.32. The van der Waals surface area contributed by atoms with Crippen LogP contribution in [-0.4, -0.2) is 15.6 Å². The van der Waals surface area contributed by atoms with Crippen molar-refractivity contribution in [3.05, 3.63) is 53.4 Å². The van der Waals surface area contributed by atoms with Crippen molar-refractivity contribution in [2.45, 2.75) is 33.2 Å². The Morgan fingerprint density at radius 3 is 2.67 bits per heavy atom. The average molecular weight is 359 g/mol. The number of hydrogen-bond acceptors (Lipinski definition) is 3. The standard InChI is InChI=1S/C22H21N3O2/c1-12-20(13(2)27-24-12)15-9-17-16-5-3-4-6-19(16)25(11-14-7-8-14)21(17)18(10-15)22(23)26/h3-6,9-10,14H,7-8,11H2,1-2H3,(H2,23,26). The normalized spacial score (nSPS) is 14.3. The van der Waals surface area contributed by atoms with Crippen molar-refractivity contribution in [3.63, 3.8) is 0 Å². The van der Waals surface area contributed by atoms with E-state index in [4.69, 9.17) is 10.3 Å². The molecule has 0 saturated heterocycles. The van der Waals surface area contributed by atoms with Gasteiger partial charge in [-0.25, -0.2) is 0 Å². The summed E-state index contributed by atoms with van der Waals surface area (Å²) >= 11 is 0. The molecule has 0 aliphatic heterocycles. The summed E-state index contributed by atoms with van der Waals surface area (Å²) in [5, 5.41) is 6.26. The van der Waals surface area contributed by atoms with Gasteiger partial charge in [-0.15, -0.1) is 0 Å². The van der Waals surface area contributed by atoms with Crippen LogP contribution < -0.4 is 5.73 Å². The Morgan fingerprint density at radius 1 is 1.22 bits per heavy atom. The molecule has 2 aromatic heterocycles. The minimum Gasteiger partial charge on any atom is -0.366 e. The van der Waals surface area contributed by atoms with E-state index in [0.29, 0.717) is 11.5 Å². The molecule has 1 aliphatic carbocycles. The number of benzene rings is 2. The number of carbonyl (C=O) groups is 1. The summed E-state index contributed by atoms with van der Waals surface area (Å²) in [4.78, 5) is 12.4. The summed E-state index contributed by atoms with van der Waals surface area (Å²) in [5.41, 5.74) is 11.1. The molecule has 0 unspecified atom stereocenters. The van der Waals surface area contributed by atoms with Gasteiger partial charge in [-0.1, -0.05) is 23.4 Å². The highest BCUT2D eigenvalue weighted by Crippen LogP contribution is 2.39. The minimum atomic E-state index is -0.409. The molecule has 5 nitrogen and oxygen atoms in total. The molecule has 1 saturated carbocycles. The van der Waals surface area contributed by atoms with Gasteiger partial charge in [0, 0.05) is 28.4 Å². The zero-order valence-electron chi connectivity index (χ0n) is 15.5. The summed E-state index contributed by atoms with van der Waals surface area (Å²) in [6, 6.07) is 12.3. The highest BCUT2D eigenvalue weighted by Gasteiger charge is 2.26. The summed E-state index contributed by atoms with van der Waals surface area (Å²) in [6.45, 7) is 4.73. The predicted octanol–water partition coefficient (Wildman–Crippen LogP) is 4.58. The number of fused-ring (bicyclic) bond motifs is 3. The summed E-state index contributed by atoms with van der Waals surface area (Å²) in [6.07, 6.45) is 2.49. The molecule has 5 rings (SSSR count). The second-order valence-corrected chi connectivity index (χ2v) is 7.55. The Hall–Kier alpha value is -3.08. The van der Waals surface area contributed by atoms with Crippen LogP contribution in [0.3, 0.4) is 0 Å². The van der Waals surface area contributed by atoms with Crippen LogP contribution in [0.5, 0.6) is 0 Å². The molecule has 5 heteroatoms. The molecule has 27 heavy (non-hydrogen) atoms. The van der Waals surface area contributed by atoms with E-state index in [1.54, 1.807) is 0 Å². The van der Waals surface area contributed by atoms with Gasteiger partial charge in [-0.05, 0) is 56.4 Å². The zero-order valence-corrected chi connectivity index (χ0v) is 15.5. The van der Waals surface area contributed by atoms with Crippen molar-refractivity contribution in [2.24, 2.45) is 11.7 Å². The molecule has 0 atom stereocenters.